The summed E-state index contributed by atoms with van der Waals surface area (Å²) in [5, 5.41) is 3.98. The second-order valence-electron chi connectivity index (χ2n) is 6.23. The molecule has 0 saturated heterocycles. The van der Waals surface area contributed by atoms with Crippen LogP contribution in [0.2, 0.25) is 0 Å². The van der Waals surface area contributed by atoms with Crippen LogP contribution in [0.5, 0.6) is 0 Å². The van der Waals surface area contributed by atoms with Gasteiger partial charge in [-0.3, -0.25) is 4.79 Å². The van der Waals surface area contributed by atoms with E-state index in [1.165, 1.54) is 24.0 Å². The van der Waals surface area contributed by atoms with E-state index in [2.05, 4.69) is 23.5 Å². The molecule has 0 saturated carbocycles. The molecule has 0 spiro atoms. The third-order valence-electron chi connectivity index (χ3n) is 4.62. The highest BCUT2D eigenvalue weighted by atomic mass is 16.3. The van der Waals surface area contributed by atoms with Crippen LogP contribution in [0.4, 0.5) is 0 Å². The topological polar surface area (TPSA) is 42.2 Å². The van der Waals surface area contributed by atoms with Crippen LogP contribution in [0.1, 0.15) is 46.6 Å². The molecule has 23 heavy (non-hydrogen) atoms. The van der Waals surface area contributed by atoms with E-state index in [1.807, 2.05) is 31.2 Å². The van der Waals surface area contributed by atoms with Crippen molar-refractivity contribution < 1.29 is 9.21 Å². The van der Waals surface area contributed by atoms with Gasteiger partial charge in [-0.25, -0.2) is 0 Å². The fourth-order valence-electron chi connectivity index (χ4n) is 3.31. The highest BCUT2D eigenvalue weighted by Gasteiger charge is 2.17. The number of para-hydroxylation sites is 1. The van der Waals surface area contributed by atoms with Crippen molar-refractivity contribution in [3.63, 3.8) is 0 Å². The van der Waals surface area contributed by atoms with Gasteiger partial charge in [-0.1, -0.05) is 36.4 Å². The second-order valence-corrected chi connectivity index (χ2v) is 6.23. The number of hydrogen-bond acceptors (Lipinski definition) is 2. The molecule has 0 fully saturated rings. The molecule has 4 rings (SSSR count). The van der Waals surface area contributed by atoms with Gasteiger partial charge in [0.2, 0.25) is 0 Å². The van der Waals surface area contributed by atoms with E-state index in [0.29, 0.717) is 5.76 Å². The average Bonchev–Trinajstić information content (AvgIpc) is 3.20. The summed E-state index contributed by atoms with van der Waals surface area (Å²) in [6.07, 6.45) is 3.56. The predicted molar refractivity (Wildman–Crippen MR) is 90.6 cm³/mol. The Kier molecular flexibility index (Phi) is 3.41. The van der Waals surface area contributed by atoms with Gasteiger partial charge < -0.3 is 9.73 Å². The molecule has 1 amide bonds. The largest absolute Gasteiger partial charge is 0.451 e. The van der Waals surface area contributed by atoms with Crippen LogP contribution in [-0.4, -0.2) is 5.91 Å². The van der Waals surface area contributed by atoms with E-state index in [9.17, 15) is 4.79 Å². The van der Waals surface area contributed by atoms with E-state index in [-0.39, 0.29) is 11.9 Å². The van der Waals surface area contributed by atoms with Crippen LogP contribution in [0.25, 0.3) is 11.0 Å². The maximum absolute atomic E-state index is 12.4. The van der Waals surface area contributed by atoms with Crippen molar-refractivity contribution in [2.45, 2.75) is 32.2 Å². The number of furan rings is 1. The predicted octanol–water partition coefficient (Wildman–Crippen LogP) is 4.41. The summed E-state index contributed by atoms with van der Waals surface area (Å²) < 4.78 is 5.63. The number of hydrogen-bond donors (Lipinski definition) is 1. The molecule has 1 unspecified atom stereocenters. The molecule has 0 aliphatic heterocycles. The van der Waals surface area contributed by atoms with Gasteiger partial charge in [-0.2, -0.15) is 0 Å². The first-order valence-corrected chi connectivity index (χ1v) is 8.12. The zero-order valence-corrected chi connectivity index (χ0v) is 13.1. The molecule has 1 heterocycles. The highest BCUT2D eigenvalue weighted by Crippen LogP contribution is 2.26. The summed E-state index contributed by atoms with van der Waals surface area (Å²) in [5.74, 6) is 0.188. The molecule has 1 N–H and O–H groups in total. The Morgan fingerprint density at radius 3 is 2.78 bits per heavy atom. The quantitative estimate of drug-likeness (QED) is 0.778. The van der Waals surface area contributed by atoms with Crippen molar-refractivity contribution in [3.8, 4) is 0 Å². The number of carbonyl (C=O) groups excluding carboxylic acids is 1. The molecule has 116 valence electrons. The van der Waals surface area contributed by atoms with Gasteiger partial charge in [0.15, 0.2) is 5.76 Å². The van der Waals surface area contributed by atoms with Crippen molar-refractivity contribution >= 4 is 16.9 Å². The first kappa shape index (κ1) is 14.1. The van der Waals surface area contributed by atoms with Crippen molar-refractivity contribution in [1.82, 2.24) is 5.32 Å². The number of amides is 1. The Balaban J connectivity index is 1.53. The number of benzene rings is 2. The minimum Gasteiger partial charge on any atom is -0.451 e. The van der Waals surface area contributed by atoms with E-state index in [1.54, 1.807) is 6.07 Å². The number of nitrogens with one attached hydrogen (secondary N) is 1. The van der Waals surface area contributed by atoms with Crippen molar-refractivity contribution in [1.29, 1.82) is 0 Å². The minimum atomic E-state index is -0.172. The summed E-state index contributed by atoms with van der Waals surface area (Å²) in [5.41, 5.74) is 4.76. The molecule has 3 aromatic rings. The molecule has 1 atom stereocenters. The molecular weight excluding hydrogens is 286 g/mol. The monoisotopic (exact) mass is 305 g/mol. The summed E-state index contributed by atoms with van der Waals surface area (Å²) in [4.78, 5) is 12.4. The Morgan fingerprint density at radius 1 is 1.09 bits per heavy atom. The standard InChI is InChI=1S/C20H19NO2/c1-13(15-10-9-14-6-4-7-16(14)11-15)21-20(22)19-12-17-5-2-3-8-18(17)23-19/h2-3,5,8-13H,4,6-7H2,1H3,(H,21,22). The number of rotatable bonds is 3. The molecule has 1 aromatic heterocycles. The summed E-state index contributed by atoms with van der Waals surface area (Å²) >= 11 is 0. The molecule has 0 bridgehead atoms. The average molecular weight is 305 g/mol. The van der Waals surface area contributed by atoms with E-state index in [0.717, 1.165) is 23.0 Å². The second kappa shape index (κ2) is 5.58. The van der Waals surface area contributed by atoms with Gasteiger partial charge in [-0.05, 0) is 55.0 Å². The zero-order chi connectivity index (χ0) is 15.8. The van der Waals surface area contributed by atoms with E-state index < -0.39 is 0 Å². The Bertz CT molecular complexity index is 845. The van der Waals surface area contributed by atoms with Crippen molar-refractivity contribution in [3.05, 3.63) is 71.0 Å². The van der Waals surface area contributed by atoms with Gasteiger partial charge in [0, 0.05) is 5.39 Å². The molecule has 3 nitrogen and oxygen atoms in total. The van der Waals surface area contributed by atoms with E-state index >= 15 is 0 Å². The number of aryl methyl sites for hydroxylation is 2. The lowest BCUT2D eigenvalue weighted by Gasteiger charge is -2.14. The van der Waals surface area contributed by atoms with E-state index in [4.69, 9.17) is 4.42 Å². The fourth-order valence-corrected chi connectivity index (χ4v) is 3.31. The maximum Gasteiger partial charge on any atom is 0.287 e. The minimum absolute atomic E-state index is 0.0402. The lowest BCUT2D eigenvalue weighted by molar-refractivity contribution is 0.0914. The first-order valence-electron chi connectivity index (χ1n) is 8.12. The van der Waals surface area contributed by atoms with Gasteiger partial charge >= 0.3 is 0 Å². The van der Waals surface area contributed by atoms with Crippen LogP contribution in [-0.2, 0) is 12.8 Å². The third kappa shape index (κ3) is 2.63. The maximum atomic E-state index is 12.4. The SMILES string of the molecule is CC(NC(=O)c1cc2ccccc2o1)c1ccc2c(c1)CCC2. The van der Waals surface area contributed by atoms with Crippen molar-refractivity contribution in [2.24, 2.45) is 0 Å². The lowest BCUT2D eigenvalue weighted by Crippen LogP contribution is -2.26. The van der Waals surface area contributed by atoms with Gasteiger partial charge in [0.05, 0.1) is 6.04 Å². The third-order valence-corrected chi connectivity index (χ3v) is 4.62. The molecule has 0 radical (unpaired) electrons. The summed E-state index contributed by atoms with van der Waals surface area (Å²) in [7, 11) is 0. The van der Waals surface area contributed by atoms with Gasteiger partial charge in [0.1, 0.15) is 5.58 Å². The summed E-state index contributed by atoms with van der Waals surface area (Å²) in [6.45, 7) is 2.01. The smallest absolute Gasteiger partial charge is 0.287 e. The number of carbonyl (C=O) groups is 1. The molecule has 1 aliphatic rings. The van der Waals surface area contributed by atoms with Crippen LogP contribution in [0.15, 0.2) is 52.9 Å². The fraction of sp³-hybridized carbons (Fsp3) is 0.250. The van der Waals surface area contributed by atoms with Crippen LogP contribution in [0.3, 0.4) is 0 Å². The molecular formula is C20H19NO2. The summed E-state index contributed by atoms with van der Waals surface area (Å²) in [6, 6.07) is 16.0. The van der Waals surface area contributed by atoms with Crippen LogP contribution >= 0.6 is 0 Å². The Morgan fingerprint density at radius 2 is 1.91 bits per heavy atom. The van der Waals surface area contributed by atoms with Crippen LogP contribution < -0.4 is 5.32 Å². The Labute approximate surface area is 135 Å². The molecule has 1 aliphatic carbocycles. The first-order chi connectivity index (χ1) is 11.2. The van der Waals surface area contributed by atoms with Gasteiger partial charge in [0.25, 0.3) is 5.91 Å². The van der Waals surface area contributed by atoms with Crippen LogP contribution in [0, 0.1) is 0 Å². The Hall–Kier alpha value is -2.55. The number of fused-ring (bicyclic) bond motifs is 2. The zero-order valence-electron chi connectivity index (χ0n) is 13.1. The highest BCUT2D eigenvalue weighted by molar-refractivity contribution is 5.96. The molecule has 2 aromatic carbocycles. The van der Waals surface area contributed by atoms with Crippen molar-refractivity contribution in [2.75, 3.05) is 0 Å². The lowest BCUT2D eigenvalue weighted by atomic mass is 10.0. The van der Waals surface area contributed by atoms with Gasteiger partial charge in [-0.15, -0.1) is 0 Å². The normalized spacial score (nSPS) is 14.7. The molecule has 3 heteroatoms.